The van der Waals surface area contributed by atoms with E-state index in [2.05, 4.69) is 66.7 Å². The summed E-state index contributed by atoms with van der Waals surface area (Å²) in [7, 11) is 0. The van der Waals surface area contributed by atoms with Gasteiger partial charge in [0.05, 0.1) is 0 Å². The third-order valence-corrected chi connectivity index (χ3v) is 6.10. The number of para-hydroxylation sites is 1. The summed E-state index contributed by atoms with van der Waals surface area (Å²) >= 11 is 0. The van der Waals surface area contributed by atoms with Crippen LogP contribution in [0.25, 0.3) is 66.4 Å². The quantitative estimate of drug-likeness (QED) is 0.288. The first kappa shape index (κ1) is 17.3. The number of furan rings is 1. The van der Waals surface area contributed by atoms with Gasteiger partial charge in [0.15, 0.2) is 5.58 Å². The summed E-state index contributed by atoms with van der Waals surface area (Å²) in [4.78, 5) is 4.77. The minimum atomic E-state index is 0.610. The fourth-order valence-electron chi connectivity index (χ4n) is 4.57. The number of hydrogen-bond donors (Lipinski definition) is 0. The van der Waals surface area contributed by atoms with Gasteiger partial charge in [0.25, 0.3) is 0 Å². The normalized spacial score (nSPS) is 11.8. The van der Waals surface area contributed by atoms with Crippen molar-refractivity contribution in [3.63, 3.8) is 0 Å². The monoisotopic (exact) mass is 411 g/mol. The van der Waals surface area contributed by atoms with Crippen molar-refractivity contribution in [1.29, 1.82) is 0 Å². The summed E-state index contributed by atoms with van der Waals surface area (Å²) < 4.78 is 12.2. The van der Waals surface area contributed by atoms with E-state index in [0.717, 1.165) is 44.2 Å². The van der Waals surface area contributed by atoms with Crippen molar-refractivity contribution in [2.45, 2.75) is 0 Å². The van der Waals surface area contributed by atoms with Crippen molar-refractivity contribution in [2.24, 2.45) is 0 Å². The maximum Gasteiger partial charge on any atom is 0.227 e. The van der Waals surface area contributed by atoms with Crippen molar-refractivity contribution < 1.29 is 8.83 Å². The van der Waals surface area contributed by atoms with Crippen LogP contribution in [-0.4, -0.2) is 4.98 Å². The number of fused-ring (bicyclic) bond motifs is 5. The molecule has 0 fully saturated rings. The molecule has 7 aromatic rings. The molecule has 150 valence electrons. The van der Waals surface area contributed by atoms with Crippen molar-refractivity contribution in [3.05, 3.63) is 103 Å². The third kappa shape index (κ3) is 2.58. The van der Waals surface area contributed by atoms with Crippen LogP contribution in [0.15, 0.2) is 112 Å². The van der Waals surface area contributed by atoms with Gasteiger partial charge >= 0.3 is 0 Å². The van der Waals surface area contributed by atoms with E-state index in [0.29, 0.717) is 5.89 Å². The van der Waals surface area contributed by atoms with Crippen molar-refractivity contribution in [3.8, 4) is 22.6 Å². The van der Waals surface area contributed by atoms with Gasteiger partial charge in [0.1, 0.15) is 16.7 Å². The highest BCUT2D eigenvalue weighted by Crippen LogP contribution is 2.35. The molecule has 5 aromatic carbocycles. The van der Waals surface area contributed by atoms with Crippen molar-refractivity contribution in [1.82, 2.24) is 4.98 Å². The maximum absolute atomic E-state index is 6.21. The lowest BCUT2D eigenvalue weighted by Crippen LogP contribution is -1.83. The first-order valence-electron chi connectivity index (χ1n) is 10.6. The molecular weight excluding hydrogens is 394 g/mol. The number of aromatic nitrogens is 1. The van der Waals surface area contributed by atoms with Gasteiger partial charge in [0, 0.05) is 22.4 Å². The first-order valence-corrected chi connectivity index (χ1v) is 10.6. The second-order valence-corrected chi connectivity index (χ2v) is 8.04. The Bertz CT molecular complexity index is 1780. The van der Waals surface area contributed by atoms with E-state index in [4.69, 9.17) is 13.8 Å². The molecule has 0 atom stereocenters. The van der Waals surface area contributed by atoms with E-state index in [9.17, 15) is 0 Å². The van der Waals surface area contributed by atoms with Gasteiger partial charge in [-0.1, -0.05) is 72.8 Å². The molecule has 7 rings (SSSR count). The average molecular weight is 411 g/mol. The standard InChI is InChI=1S/C29H17NO2/c1-2-11-21-18(7-1)8-6-13-22(21)19-9-5-10-20(15-19)29-30-25-17-27-24(16-28(25)32-29)23-12-3-4-14-26(23)31-27/h1-17H. The summed E-state index contributed by atoms with van der Waals surface area (Å²) in [6, 6.07) is 35.3. The van der Waals surface area contributed by atoms with Crippen molar-refractivity contribution in [2.75, 3.05) is 0 Å². The van der Waals surface area contributed by atoms with Crippen LogP contribution in [0, 0.1) is 0 Å². The largest absolute Gasteiger partial charge is 0.456 e. The molecular formula is C29H17NO2. The van der Waals surface area contributed by atoms with Crippen molar-refractivity contribution >= 4 is 43.8 Å². The molecule has 0 aliphatic heterocycles. The third-order valence-electron chi connectivity index (χ3n) is 6.10. The Labute approximate surface area is 183 Å². The van der Waals surface area contributed by atoms with Gasteiger partial charge in [-0.2, -0.15) is 0 Å². The summed E-state index contributed by atoms with van der Waals surface area (Å²) in [5.41, 5.74) is 6.54. The Kier molecular flexibility index (Phi) is 3.55. The highest BCUT2D eigenvalue weighted by atomic mass is 16.4. The van der Waals surface area contributed by atoms with Crippen LogP contribution in [0.2, 0.25) is 0 Å². The SMILES string of the molecule is c1cc(-c2nc3cc4oc5ccccc5c4cc3o2)cc(-c2cccc3ccccc23)c1. The highest BCUT2D eigenvalue weighted by Gasteiger charge is 2.14. The molecule has 0 bridgehead atoms. The summed E-state index contributed by atoms with van der Waals surface area (Å²) in [5.74, 6) is 0.610. The van der Waals surface area contributed by atoms with Crippen LogP contribution >= 0.6 is 0 Å². The van der Waals surface area contributed by atoms with E-state index >= 15 is 0 Å². The van der Waals surface area contributed by atoms with Crippen LogP contribution in [0.1, 0.15) is 0 Å². The Morgan fingerprint density at radius 2 is 1.28 bits per heavy atom. The van der Waals surface area contributed by atoms with Gasteiger partial charge in [-0.25, -0.2) is 4.98 Å². The topological polar surface area (TPSA) is 39.2 Å². The Hall–Kier alpha value is -4.37. The molecule has 0 amide bonds. The van der Waals surface area contributed by atoms with Crippen LogP contribution in [-0.2, 0) is 0 Å². The molecule has 0 N–H and O–H groups in total. The maximum atomic E-state index is 6.21. The number of nitrogens with zero attached hydrogens (tertiary/aromatic N) is 1. The number of benzene rings is 5. The minimum absolute atomic E-state index is 0.610. The predicted octanol–water partition coefficient (Wildman–Crippen LogP) is 8.21. The zero-order valence-corrected chi connectivity index (χ0v) is 17.1. The summed E-state index contributed by atoms with van der Waals surface area (Å²) in [5, 5.41) is 4.59. The van der Waals surface area contributed by atoms with Gasteiger partial charge < -0.3 is 8.83 Å². The highest BCUT2D eigenvalue weighted by molar-refractivity contribution is 6.08. The summed E-state index contributed by atoms with van der Waals surface area (Å²) in [6.07, 6.45) is 0. The zero-order chi connectivity index (χ0) is 21.1. The van der Waals surface area contributed by atoms with Gasteiger partial charge in [-0.15, -0.1) is 0 Å². The molecule has 2 heterocycles. The summed E-state index contributed by atoms with van der Waals surface area (Å²) in [6.45, 7) is 0. The Morgan fingerprint density at radius 1 is 0.500 bits per heavy atom. The fraction of sp³-hybridized carbons (Fsp3) is 0. The second-order valence-electron chi connectivity index (χ2n) is 8.04. The molecule has 3 heteroatoms. The molecule has 2 aromatic heterocycles. The second kappa shape index (κ2) is 6.56. The van der Waals surface area contributed by atoms with E-state index < -0.39 is 0 Å². The Morgan fingerprint density at radius 3 is 2.25 bits per heavy atom. The fourth-order valence-corrected chi connectivity index (χ4v) is 4.57. The number of hydrogen-bond acceptors (Lipinski definition) is 3. The van der Waals surface area contributed by atoms with E-state index in [-0.39, 0.29) is 0 Å². The van der Waals surface area contributed by atoms with Crippen LogP contribution < -0.4 is 0 Å². The molecule has 0 aliphatic carbocycles. The average Bonchev–Trinajstić information content (AvgIpc) is 3.43. The van der Waals surface area contributed by atoms with Crippen LogP contribution in [0.5, 0.6) is 0 Å². The smallest absolute Gasteiger partial charge is 0.227 e. The predicted molar refractivity (Wildman–Crippen MR) is 130 cm³/mol. The number of rotatable bonds is 2. The van der Waals surface area contributed by atoms with E-state index in [1.165, 1.54) is 16.3 Å². The lowest BCUT2D eigenvalue weighted by atomic mass is 9.97. The first-order chi connectivity index (χ1) is 15.8. The number of oxazole rings is 1. The molecule has 0 saturated heterocycles. The van der Waals surface area contributed by atoms with Gasteiger partial charge in [-0.3, -0.25) is 0 Å². The molecule has 0 spiro atoms. The van der Waals surface area contributed by atoms with Crippen LogP contribution in [0.3, 0.4) is 0 Å². The molecule has 0 saturated carbocycles. The van der Waals surface area contributed by atoms with E-state index in [1.807, 2.05) is 36.4 Å². The molecule has 0 aliphatic rings. The Balaban J connectivity index is 1.38. The van der Waals surface area contributed by atoms with E-state index in [1.54, 1.807) is 0 Å². The van der Waals surface area contributed by atoms with Crippen LogP contribution in [0.4, 0.5) is 0 Å². The minimum Gasteiger partial charge on any atom is -0.456 e. The van der Waals surface area contributed by atoms with Gasteiger partial charge in [0.2, 0.25) is 5.89 Å². The molecule has 0 radical (unpaired) electrons. The molecule has 32 heavy (non-hydrogen) atoms. The van der Waals surface area contributed by atoms with Gasteiger partial charge in [-0.05, 0) is 46.2 Å². The molecule has 0 unspecified atom stereocenters. The lowest BCUT2D eigenvalue weighted by molar-refractivity contribution is 0.620. The molecule has 3 nitrogen and oxygen atoms in total. The lowest BCUT2D eigenvalue weighted by Gasteiger charge is -2.08. The zero-order valence-electron chi connectivity index (χ0n) is 17.1.